The summed E-state index contributed by atoms with van der Waals surface area (Å²) in [7, 11) is 0. The van der Waals surface area contributed by atoms with Crippen molar-refractivity contribution in [1.29, 1.82) is 0 Å². The largest absolute Gasteiger partial charge is 0.348 e. The van der Waals surface area contributed by atoms with E-state index in [-0.39, 0.29) is 17.7 Å². The van der Waals surface area contributed by atoms with Gasteiger partial charge in [0.1, 0.15) is 0 Å². The summed E-state index contributed by atoms with van der Waals surface area (Å²) in [5.74, 6) is -0.274. The minimum absolute atomic E-state index is 0.00638. The normalized spacial score (nSPS) is 12.1. The molecule has 0 spiro atoms. The van der Waals surface area contributed by atoms with E-state index in [9.17, 15) is 9.59 Å². The number of hydrogen-bond acceptors (Lipinski definition) is 4. The number of para-hydroxylation sites is 2. The van der Waals surface area contributed by atoms with Crippen molar-refractivity contribution in [2.24, 2.45) is 5.92 Å². The van der Waals surface area contributed by atoms with Crippen LogP contribution in [0.1, 0.15) is 31.5 Å². The standard InChI is InChI=1S/C23H24N4O2/c1-3-16(2)23(29)27-18-8-6-7-17(13-18)14-25-22(28)12-11-19-15-24-20-9-4-5-10-21(20)26-19/h4-13,15-16H,3,14H2,1-2H3,(H,25,28)(H,27,29). The Morgan fingerprint density at radius 1 is 1.10 bits per heavy atom. The van der Waals surface area contributed by atoms with E-state index in [1.807, 2.05) is 62.4 Å². The maximum absolute atomic E-state index is 12.1. The lowest BCUT2D eigenvalue weighted by molar-refractivity contribution is -0.119. The van der Waals surface area contributed by atoms with Gasteiger partial charge in [-0.05, 0) is 42.3 Å². The van der Waals surface area contributed by atoms with Crippen LogP contribution in [-0.4, -0.2) is 21.8 Å². The van der Waals surface area contributed by atoms with Gasteiger partial charge >= 0.3 is 0 Å². The van der Waals surface area contributed by atoms with Gasteiger partial charge in [-0.2, -0.15) is 0 Å². The number of nitrogens with zero attached hydrogens (tertiary/aromatic N) is 2. The molecule has 0 aliphatic rings. The molecule has 2 N–H and O–H groups in total. The van der Waals surface area contributed by atoms with Gasteiger partial charge in [0.15, 0.2) is 0 Å². The zero-order valence-electron chi connectivity index (χ0n) is 16.6. The molecule has 6 heteroatoms. The van der Waals surface area contributed by atoms with Gasteiger partial charge < -0.3 is 10.6 Å². The van der Waals surface area contributed by atoms with Crippen LogP contribution in [0.4, 0.5) is 5.69 Å². The van der Waals surface area contributed by atoms with Crippen molar-refractivity contribution >= 4 is 34.6 Å². The second kappa shape index (κ2) is 9.59. The van der Waals surface area contributed by atoms with Crippen LogP contribution in [0.2, 0.25) is 0 Å². The first kappa shape index (κ1) is 20.2. The number of benzene rings is 2. The van der Waals surface area contributed by atoms with Crippen LogP contribution in [0, 0.1) is 5.92 Å². The fourth-order valence-corrected chi connectivity index (χ4v) is 2.67. The molecule has 148 valence electrons. The maximum atomic E-state index is 12.1. The first-order chi connectivity index (χ1) is 14.0. The van der Waals surface area contributed by atoms with E-state index >= 15 is 0 Å². The molecular weight excluding hydrogens is 364 g/mol. The Bertz CT molecular complexity index is 1050. The van der Waals surface area contributed by atoms with Gasteiger partial charge in [0.25, 0.3) is 0 Å². The number of carbonyl (C=O) groups is 2. The lowest BCUT2D eigenvalue weighted by atomic mass is 10.1. The number of carbonyl (C=O) groups excluding carboxylic acids is 2. The van der Waals surface area contributed by atoms with Crippen molar-refractivity contribution in [1.82, 2.24) is 15.3 Å². The van der Waals surface area contributed by atoms with Crippen LogP contribution in [-0.2, 0) is 16.1 Å². The molecule has 29 heavy (non-hydrogen) atoms. The summed E-state index contributed by atoms with van der Waals surface area (Å²) in [6, 6.07) is 15.0. The van der Waals surface area contributed by atoms with E-state index in [4.69, 9.17) is 0 Å². The zero-order chi connectivity index (χ0) is 20.6. The van der Waals surface area contributed by atoms with Gasteiger partial charge in [-0.3, -0.25) is 14.6 Å². The average molecular weight is 388 g/mol. The molecular formula is C23H24N4O2. The van der Waals surface area contributed by atoms with E-state index in [2.05, 4.69) is 20.6 Å². The van der Waals surface area contributed by atoms with Crippen LogP contribution in [0.3, 0.4) is 0 Å². The van der Waals surface area contributed by atoms with E-state index < -0.39 is 0 Å². The molecule has 1 atom stereocenters. The number of anilines is 1. The molecule has 2 aromatic carbocycles. The Hall–Kier alpha value is -3.54. The van der Waals surface area contributed by atoms with Crippen LogP contribution in [0.5, 0.6) is 0 Å². The summed E-state index contributed by atoms with van der Waals surface area (Å²) in [5.41, 5.74) is 3.84. The molecule has 3 aromatic rings. The lowest BCUT2D eigenvalue weighted by Crippen LogP contribution is -2.21. The highest BCUT2D eigenvalue weighted by atomic mass is 16.2. The fraction of sp³-hybridized carbons (Fsp3) is 0.217. The van der Waals surface area contributed by atoms with Crippen LogP contribution >= 0.6 is 0 Å². The van der Waals surface area contributed by atoms with Crippen molar-refractivity contribution in [2.75, 3.05) is 5.32 Å². The van der Waals surface area contributed by atoms with Gasteiger partial charge in [0, 0.05) is 24.2 Å². The van der Waals surface area contributed by atoms with E-state index in [0.717, 1.165) is 28.7 Å². The number of hydrogen-bond donors (Lipinski definition) is 2. The average Bonchev–Trinajstić information content (AvgIpc) is 2.75. The first-order valence-corrected chi connectivity index (χ1v) is 9.62. The topological polar surface area (TPSA) is 84.0 Å². The van der Waals surface area contributed by atoms with Crippen molar-refractivity contribution in [3.8, 4) is 0 Å². The molecule has 1 unspecified atom stereocenters. The highest BCUT2D eigenvalue weighted by Crippen LogP contribution is 2.13. The Balaban J connectivity index is 1.56. The highest BCUT2D eigenvalue weighted by molar-refractivity contribution is 5.93. The van der Waals surface area contributed by atoms with Crippen molar-refractivity contribution in [3.05, 3.63) is 72.1 Å². The molecule has 1 heterocycles. The molecule has 0 saturated heterocycles. The summed E-state index contributed by atoms with van der Waals surface area (Å²) in [4.78, 5) is 32.9. The Morgan fingerprint density at radius 3 is 2.69 bits per heavy atom. The van der Waals surface area contributed by atoms with Gasteiger partial charge in [0.05, 0.1) is 22.9 Å². The Kier molecular flexibility index (Phi) is 6.68. The van der Waals surface area contributed by atoms with E-state index in [1.54, 1.807) is 12.3 Å². The zero-order valence-corrected chi connectivity index (χ0v) is 16.6. The molecule has 0 aliphatic carbocycles. The van der Waals surface area contributed by atoms with Crippen molar-refractivity contribution in [3.63, 3.8) is 0 Å². The highest BCUT2D eigenvalue weighted by Gasteiger charge is 2.10. The molecule has 6 nitrogen and oxygen atoms in total. The molecule has 0 bridgehead atoms. The van der Waals surface area contributed by atoms with Crippen molar-refractivity contribution in [2.45, 2.75) is 26.8 Å². The predicted molar refractivity (Wildman–Crippen MR) is 115 cm³/mol. The molecule has 0 radical (unpaired) electrons. The summed E-state index contributed by atoms with van der Waals surface area (Å²) in [6.45, 7) is 4.23. The van der Waals surface area contributed by atoms with Gasteiger partial charge in [-0.25, -0.2) is 4.98 Å². The quantitative estimate of drug-likeness (QED) is 0.601. The van der Waals surface area contributed by atoms with Gasteiger partial charge in [-0.1, -0.05) is 38.1 Å². The molecule has 1 aromatic heterocycles. The Labute approximate surface area is 170 Å². The molecule has 0 fully saturated rings. The third-order valence-corrected chi connectivity index (χ3v) is 4.59. The second-order valence-corrected chi connectivity index (χ2v) is 6.83. The fourth-order valence-electron chi connectivity index (χ4n) is 2.67. The summed E-state index contributed by atoms with van der Waals surface area (Å²) in [5, 5.41) is 5.74. The lowest BCUT2D eigenvalue weighted by Gasteiger charge is -2.11. The first-order valence-electron chi connectivity index (χ1n) is 9.62. The number of fused-ring (bicyclic) bond motifs is 1. The number of amides is 2. The van der Waals surface area contributed by atoms with Crippen LogP contribution in [0.25, 0.3) is 17.1 Å². The van der Waals surface area contributed by atoms with Crippen molar-refractivity contribution < 1.29 is 9.59 Å². The second-order valence-electron chi connectivity index (χ2n) is 6.83. The molecule has 0 aliphatic heterocycles. The summed E-state index contributed by atoms with van der Waals surface area (Å²) >= 11 is 0. The number of nitrogens with one attached hydrogen (secondary N) is 2. The van der Waals surface area contributed by atoms with E-state index in [0.29, 0.717) is 12.2 Å². The molecule has 3 rings (SSSR count). The van der Waals surface area contributed by atoms with E-state index in [1.165, 1.54) is 6.08 Å². The smallest absolute Gasteiger partial charge is 0.244 e. The molecule has 2 amide bonds. The van der Waals surface area contributed by atoms with Gasteiger partial charge in [0.2, 0.25) is 11.8 Å². The van der Waals surface area contributed by atoms with Crippen LogP contribution < -0.4 is 10.6 Å². The number of aromatic nitrogens is 2. The monoisotopic (exact) mass is 388 g/mol. The molecule has 0 saturated carbocycles. The summed E-state index contributed by atoms with van der Waals surface area (Å²) < 4.78 is 0. The Morgan fingerprint density at radius 2 is 1.90 bits per heavy atom. The predicted octanol–water partition coefficient (Wildman–Crippen LogP) is 3.94. The minimum atomic E-state index is -0.228. The van der Waals surface area contributed by atoms with Gasteiger partial charge in [-0.15, -0.1) is 0 Å². The summed E-state index contributed by atoms with van der Waals surface area (Å²) in [6.07, 6.45) is 5.50. The van der Waals surface area contributed by atoms with Crippen LogP contribution in [0.15, 0.2) is 60.8 Å². The maximum Gasteiger partial charge on any atom is 0.244 e. The number of rotatable bonds is 7. The third kappa shape index (κ3) is 5.72. The SMILES string of the molecule is CCC(C)C(=O)Nc1cccc(CNC(=O)C=Cc2cnc3ccccc3n2)c1. The third-order valence-electron chi connectivity index (χ3n) is 4.59. The minimum Gasteiger partial charge on any atom is -0.348 e.